The lowest BCUT2D eigenvalue weighted by Gasteiger charge is -2.40. The van der Waals surface area contributed by atoms with Crippen LogP contribution < -0.4 is 5.32 Å². The topological polar surface area (TPSA) is 68.9 Å². The highest BCUT2D eigenvalue weighted by atomic mass is 16.3. The zero-order chi connectivity index (χ0) is 13.0. The lowest BCUT2D eigenvalue weighted by molar-refractivity contribution is 0.149. The molecule has 0 aliphatic heterocycles. The Morgan fingerprint density at radius 3 is 3.00 bits per heavy atom. The second-order valence-electron chi connectivity index (χ2n) is 5.31. The Morgan fingerprint density at radius 1 is 1.61 bits per heavy atom. The van der Waals surface area contributed by atoms with Crippen LogP contribution in [0.4, 0.5) is 5.69 Å². The number of aliphatic hydroxyl groups excluding tert-OH is 1. The van der Waals surface area contributed by atoms with Crippen molar-refractivity contribution in [3.8, 4) is 6.07 Å². The van der Waals surface area contributed by atoms with Gasteiger partial charge in [0.15, 0.2) is 0 Å². The highest BCUT2D eigenvalue weighted by molar-refractivity contribution is 5.45. The van der Waals surface area contributed by atoms with Crippen molar-refractivity contribution in [2.45, 2.75) is 38.1 Å². The Labute approximate surface area is 108 Å². The number of hydrogen-bond acceptors (Lipinski definition) is 4. The van der Waals surface area contributed by atoms with E-state index in [4.69, 9.17) is 5.26 Å². The van der Waals surface area contributed by atoms with Gasteiger partial charge in [0.25, 0.3) is 0 Å². The number of nitrogens with one attached hydrogen (secondary N) is 1. The Bertz CT molecular complexity index is 437. The van der Waals surface area contributed by atoms with Gasteiger partial charge in [0, 0.05) is 0 Å². The molecular weight excluding hydrogens is 226 g/mol. The molecular formula is C14H19N3O. The van der Waals surface area contributed by atoms with Gasteiger partial charge < -0.3 is 10.4 Å². The van der Waals surface area contributed by atoms with Gasteiger partial charge in [-0.05, 0) is 30.9 Å². The minimum atomic E-state index is -0.229. The molecule has 18 heavy (non-hydrogen) atoms. The maximum Gasteiger partial charge on any atom is 0.140 e. The second kappa shape index (κ2) is 5.36. The molecule has 96 valence electrons. The summed E-state index contributed by atoms with van der Waals surface area (Å²) in [5, 5.41) is 21.8. The molecule has 4 nitrogen and oxygen atoms in total. The van der Waals surface area contributed by atoms with E-state index in [1.165, 1.54) is 6.42 Å². The third kappa shape index (κ3) is 2.80. The predicted octanol–water partition coefficient (Wildman–Crippen LogP) is 2.31. The van der Waals surface area contributed by atoms with Crippen molar-refractivity contribution in [1.29, 1.82) is 5.26 Å². The maximum atomic E-state index is 9.69. The molecule has 1 aromatic rings. The van der Waals surface area contributed by atoms with Crippen molar-refractivity contribution in [1.82, 2.24) is 4.98 Å². The number of anilines is 1. The zero-order valence-electron chi connectivity index (χ0n) is 10.7. The van der Waals surface area contributed by atoms with Crippen molar-refractivity contribution < 1.29 is 5.11 Å². The lowest BCUT2D eigenvalue weighted by atomic mass is 9.76. The molecule has 0 amide bonds. The van der Waals surface area contributed by atoms with E-state index >= 15 is 0 Å². The Morgan fingerprint density at radius 2 is 2.44 bits per heavy atom. The summed E-state index contributed by atoms with van der Waals surface area (Å²) in [6.45, 7) is 2.36. The molecule has 0 spiro atoms. The van der Waals surface area contributed by atoms with Crippen LogP contribution in [0.25, 0.3) is 0 Å². The largest absolute Gasteiger partial charge is 0.394 e. The van der Waals surface area contributed by atoms with Gasteiger partial charge in [-0.1, -0.05) is 19.8 Å². The van der Waals surface area contributed by atoms with Gasteiger partial charge >= 0.3 is 0 Å². The molecule has 4 heteroatoms. The van der Waals surface area contributed by atoms with Crippen LogP contribution in [0.1, 0.15) is 38.3 Å². The quantitative estimate of drug-likeness (QED) is 0.857. The van der Waals surface area contributed by atoms with Crippen LogP contribution in [-0.2, 0) is 0 Å². The van der Waals surface area contributed by atoms with Crippen LogP contribution >= 0.6 is 0 Å². The molecule has 0 aromatic carbocycles. The number of aromatic nitrogens is 1. The van der Waals surface area contributed by atoms with E-state index in [1.807, 2.05) is 12.1 Å². The fourth-order valence-electron chi connectivity index (χ4n) is 2.80. The fourth-order valence-corrected chi connectivity index (χ4v) is 2.80. The molecule has 2 N–H and O–H groups in total. The van der Waals surface area contributed by atoms with E-state index in [0.717, 1.165) is 24.9 Å². The molecule has 2 atom stereocenters. The highest BCUT2D eigenvalue weighted by Gasteiger charge is 2.34. The standard InChI is InChI=1S/C14H19N3O/c1-11-3-2-6-14(7-11,10-18)17-13-5-4-12(8-15)16-9-13/h4-5,9,11,17-18H,2-3,6-7,10H2,1H3. The molecule has 1 fully saturated rings. The van der Waals surface area contributed by atoms with Gasteiger partial charge in [0.2, 0.25) is 0 Å². The molecule has 1 aromatic heterocycles. The van der Waals surface area contributed by atoms with Gasteiger partial charge in [0.1, 0.15) is 11.8 Å². The van der Waals surface area contributed by atoms with Crippen LogP contribution in [0.3, 0.4) is 0 Å². The van der Waals surface area contributed by atoms with E-state index < -0.39 is 0 Å². The van der Waals surface area contributed by atoms with Crippen molar-refractivity contribution in [3.05, 3.63) is 24.0 Å². The van der Waals surface area contributed by atoms with Crippen molar-refractivity contribution in [2.24, 2.45) is 5.92 Å². The normalized spacial score (nSPS) is 27.5. The number of rotatable bonds is 3. The molecule has 0 radical (unpaired) electrons. The van der Waals surface area contributed by atoms with Crippen LogP contribution in [-0.4, -0.2) is 22.2 Å². The third-order valence-electron chi connectivity index (χ3n) is 3.68. The SMILES string of the molecule is CC1CCCC(CO)(Nc2ccc(C#N)nc2)C1. The van der Waals surface area contributed by atoms with E-state index in [-0.39, 0.29) is 12.1 Å². The van der Waals surface area contributed by atoms with Gasteiger partial charge in [-0.25, -0.2) is 4.98 Å². The number of aliphatic hydroxyl groups is 1. The number of nitrogens with zero attached hydrogens (tertiary/aromatic N) is 2. The Kier molecular flexibility index (Phi) is 3.83. The van der Waals surface area contributed by atoms with Crippen LogP contribution in [0.2, 0.25) is 0 Å². The van der Waals surface area contributed by atoms with E-state index in [9.17, 15) is 5.11 Å². The number of nitriles is 1. The van der Waals surface area contributed by atoms with E-state index in [0.29, 0.717) is 11.6 Å². The molecule has 1 aliphatic rings. The Balaban J connectivity index is 2.11. The summed E-state index contributed by atoms with van der Waals surface area (Å²) in [4.78, 5) is 4.04. The number of hydrogen-bond donors (Lipinski definition) is 2. The first-order valence-electron chi connectivity index (χ1n) is 6.43. The van der Waals surface area contributed by atoms with Gasteiger partial charge in [-0.15, -0.1) is 0 Å². The third-order valence-corrected chi connectivity index (χ3v) is 3.68. The summed E-state index contributed by atoms with van der Waals surface area (Å²) in [5.41, 5.74) is 1.06. The first-order chi connectivity index (χ1) is 8.67. The minimum Gasteiger partial charge on any atom is -0.394 e. The first kappa shape index (κ1) is 12.8. The summed E-state index contributed by atoms with van der Waals surface area (Å²) in [6, 6.07) is 5.54. The molecule has 1 heterocycles. The van der Waals surface area contributed by atoms with Crippen LogP contribution in [0.15, 0.2) is 18.3 Å². The van der Waals surface area contributed by atoms with Gasteiger partial charge in [-0.2, -0.15) is 5.26 Å². The number of pyridine rings is 1. The fraction of sp³-hybridized carbons (Fsp3) is 0.571. The van der Waals surface area contributed by atoms with E-state index in [2.05, 4.69) is 17.2 Å². The summed E-state index contributed by atoms with van der Waals surface area (Å²) >= 11 is 0. The summed E-state index contributed by atoms with van der Waals surface area (Å²) in [6.07, 6.45) is 5.99. The van der Waals surface area contributed by atoms with Crippen molar-refractivity contribution in [2.75, 3.05) is 11.9 Å². The van der Waals surface area contributed by atoms with Gasteiger partial charge in [0.05, 0.1) is 24.0 Å². The summed E-state index contributed by atoms with van der Waals surface area (Å²) < 4.78 is 0. The molecule has 2 unspecified atom stereocenters. The molecule has 1 saturated carbocycles. The average molecular weight is 245 g/mol. The predicted molar refractivity (Wildman–Crippen MR) is 70.0 cm³/mol. The first-order valence-corrected chi connectivity index (χ1v) is 6.43. The zero-order valence-corrected chi connectivity index (χ0v) is 10.7. The lowest BCUT2D eigenvalue weighted by Crippen LogP contribution is -2.45. The van der Waals surface area contributed by atoms with Crippen molar-refractivity contribution in [3.63, 3.8) is 0 Å². The molecule has 2 rings (SSSR count). The molecule has 0 saturated heterocycles. The summed E-state index contributed by atoms with van der Waals surface area (Å²) in [5.74, 6) is 0.629. The van der Waals surface area contributed by atoms with Crippen LogP contribution in [0, 0.1) is 17.2 Å². The van der Waals surface area contributed by atoms with E-state index in [1.54, 1.807) is 12.3 Å². The second-order valence-corrected chi connectivity index (χ2v) is 5.31. The average Bonchev–Trinajstić information content (AvgIpc) is 2.39. The minimum absolute atomic E-state index is 0.136. The monoisotopic (exact) mass is 245 g/mol. The van der Waals surface area contributed by atoms with Crippen molar-refractivity contribution >= 4 is 5.69 Å². The van der Waals surface area contributed by atoms with Crippen LogP contribution in [0.5, 0.6) is 0 Å². The highest BCUT2D eigenvalue weighted by Crippen LogP contribution is 2.34. The van der Waals surface area contributed by atoms with Gasteiger partial charge in [-0.3, -0.25) is 0 Å². The molecule has 1 aliphatic carbocycles. The Hall–Kier alpha value is -1.60. The smallest absolute Gasteiger partial charge is 0.140 e. The molecule has 0 bridgehead atoms. The summed E-state index contributed by atoms with van der Waals surface area (Å²) in [7, 11) is 0. The maximum absolute atomic E-state index is 9.69.